The molecular weight excluding hydrogens is 349 g/mol. The van der Waals surface area contributed by atoms with Gasteiger partial charge < -0.3 is 9.47 Å². The number of rotatable bonds is 7. The molecule has 1 aliphatic heterocycles. The molecule has 1 N–H and O–H groups in total. The summed E-state index contributed by atoms with van der Waals surface area (Å²) in [6.07, 6.45) is -4.51. The lowest BCUT2D eigenvalue weighted by Gasteiger charge is -2.20. The van der Waals surface area contributed by atoms with Gasteiger partial charge in [0.05, 0.1) is 18.9 Å². The Balaban J connectivity index is 1.96. The molecule has 2 rings (SSSR count). The number of hydrogen-bond acceptors (Lipinski definition) is 5. The van der Waals surface area contributed by atoms with Crippen LogP contribution in [0.25, 0.3) is 0 Å². The lowest BCUT2D eigenvalue weighted by atomic mass is 10.1. The van der Waals surface area contributed by atoms with Crippen LogP contribution in [0.4, 0.5) is 13.2 Å². The normalized spacial score (nSPS) is 21.8. The van der Waals surface area contributed by atoms with E-state index in [2.05, 4.69) is 9.71 Å². The van der Waals surface area contributed by atoms with Crippen LogP contribution in [0.5, 0.6) is 5.88 Å². The molecule has 2 heterocycles. The number of pyridine rings is 1. The van der Waals surface area contributed by atoms with Crippen molar-refractivity contribution in [1.29, 1.82) is 0 Å². The van der Waals surface area contributed by atoms with E-state index in [9.17, 15) is 21.6 Å². The van der Waals surface area contributed by atoms with E-state index in [1.165, 1.54) is 13.3 Å². The zero-order chi connectivity index (χ0) is 17.8. The van der Waals surface area contributed by atoms with Crippen molar-refractivity contribution in [2.45, 2.75) is 37.6 Å². The Morgan fingerprint density at radius 2 is 2.17 bits per heavy atom. The van der Waals surface area contributed by atoms with Gasteiger partial charge in [0.1, 0.15) is 6.10 Å². The average Bonchev–Trinajstić information content (AvgIpc) is 2.93. The van der Waals surface area contributed by atoms with Crippen molar-refractivity contribution in [1.82, 2.24) is 9.71 Å². The molecule has 2 atom stereocenters. The summed E-state index contributed by atoms with van der Waals surface area (Å²) in [6, 6.07) is 2.81. The van der Waals surface area contributed by atoms with Crippen LogP contribution < -0.4 is 9.46 Å². The Morgan fingerprint density at radius 1 is 1.42 bits per heavy atom. The lowest BCUT2D eigenvalue weighted by molar-refractivity contribution is -0.134. The van der Waals surface area contributed by atoms with E-state index in [0.717, 1.165) is 0 Å². The van der Waals surface area contributed by atoms with E-state index in [4.69, 9.17) is 9.47 Å². The second kappa shape index (κ2) is 7.66. The molecule has 0 aromatic carbocycles. The van der Waals surface area contributed by atoms with E-state index in [-0.39, 0.29) is 0 Å². The first-order valence-corrected chi connectivity index (χ1v) is 9.04. The van der Waals surface area contributed by atoms with Crippen LogP contribution in [0.1, 0.15) is 30.9 Å². The standard InChI is InChI=1S/C14H19F3N2O4S/c1-22-12-4-3-10(9-18-12)13-11(5-7-23-13)19-24(20,21)8-2-6-14(15,16)17/h3-4,9,11,13,19H,2,5-8H2,1H3/t11-,13+/m0/s1. The third-order valence-corrected chi connectivity index (χ3v) is 5.08. The number of nitrogens with one attached hydrogen (secondary N) is 1. The first kappa shape index (κ1) is 18.9. The number of alkyl halides is 3. The van der Waals surface area contributed by atoms with Gasteiger partial charge >= 0.3 is 6.18 Å². The van der Waals surface area contributed by atoms with Gasteiger partial charge in [-0.2, -0.15) is 13.2 Å². The van der Waals surface area contributed by atoms with E-state index in [0.29, 0.717) is 24.5 Å². The molecule has 1 saturated heterocycles. The molecule has 136 valence electrons. The summed E-state index contributed by atoms with van der Waals surface area (Å²) in [6.45, 7) is 0.354. The van der Waals surface area contributed by atoms with Crippen molar-refractivity contribution in [2.24, 2.45) is 0 Å². The minimum absolute atomic E-state index is 0.354. The predicted octanol–water partition coefficient (Wildman–Crippen LogP) is 2.18. The first-order chi connectivity index (χ1) is 11.2. The van der Waals surface area contributed by atoms with Crippen molar-refractivity contribution >= 4 is 10.0 Å². The Bertz CT molecular complexity index is 634. The molecule has 0 amide bonds. The predicted molar refractivity (Wildman–Crippen MR) is 80.1 cm³/mol. The van der Waals surface area contributed by atoms with Gasteiger partial charge in [-0.05, 0) is 18.9 Å². The monoisotopic (exact) mass is 368 g/mol. The Hall–Kier alpha value is -1.39. The zero-order valence-corrected chi connectivity index (χ0v) is 13.9. The minimum Gasteiger partial charge on any atom is -0.481 e. The van der Waals surface area contributed by atoms with Gasteiger partial charge in [-0.3, -0.25) is 0 Å². The van der Waals surface area contributed by atoms with Crippen molar-refractivity contribution in [3.8, 4) is 5.88 Å². The van der Waals surface area contributed by atoms with Gasteiger partial charge in [0.25, 0.3) is 0 Å². The smallest absolute Gasteiger partial charge is 0.389 e. The van der Waals surface area contributed by atoms with Crippen molar-refractivity contribution in [3.63, 3.8) is 0 Å². The summed E-state index contributed by atoms with van der Waals surface area (Å²) in [5, 5.41) is 0. The highest BCUT2D eigenvalue weighted by Crippen LogP contribution is 2.30. The minimum atomic E-state index is -4.36. The number of nitrogens with zero attached hydrogens (tertiary/aromatic N) is 1. The molecule has 0 saturated carbocycles. The lowest BCUT2D eigenvalue weighted by Crippen LogP contribution is -2.38. The topological polar surface area (TPSA) is 77.5 Å². The van der Waals surface area contributed by atoms with Crippen LogP contribution in [0, 0.1) is 0 Å². The molecule has 1 aromatic heterocycles. The fraction of sp³-hybridized carbons (Fsp3) is 0.643. The molecule has 6 nitrogen and oxygen atoms in total. The number of aromatic nitrogens is 1. The number of ether oxygens (including phenoxy) is 2. The summed E-state index contributed by atoms with van der Waals surface area (Å²) in [4.78, 5) is 4.04. The fourth-order valence-corrected chi connectivity index (χ4v) is 3.82. The highest BCUT2D eigenvalue weighted by molar-refractivity contribution is 7.89. The highest BCUT2D eigenvalue weighted by Gasteiger charge is 2.34. The van der Waals surface area contributed by atoms with Gasteiger partial charge in [0.2, 0.25) is 15.9 Å². The Morgan fingerprint density at radius 3 is 2.75 bits per heavy atom. The molecule has 1 aliphatic rings. The second-order valence-corrected chi connectivity index (χ2v) is 7.35. The van der Waals surface area contributed by atoms with Crippen LogP contribution in [0.3, 0.4) is 0 Å². The van der Waals surface area contributed by atoms with Crippen LogP contribution in [0.15, 0.2) is 18.3 Å². The average molecular weight is 368 g/mol. The molecule has 0 radical (unpaired) electrons. The highest BCUT2D eigenvalue weighted by atomic mass is 32.2. The van der Waals surface area contributed by atoms with Crippen LogP contribution in [-0.2, 0) is 14.8 Å². The van der Waals surface area contributed by atoms with Crippen molar-refractivity contribution < 1.29 is 31.1 Å². The summed E-state index contributed by atoms with van der Waals surface area (Å²) in [5.41, 5.74) is 0.677. The SMILES string of the molecule is COc1ccc([C@H]2OCC[C@@H]2NS(=O)(=O)CCCC(F)(F)F)cn1. The first-order valence-electron chi connectivity index (χ1n) is 7.38. The van der Waals surface area contributed by atoms with Crippen LogP contribution in [0.2, 0.25) is 0 Å². The molecular formula is C14H19F3N2O4S. The van der Waals surface area contributed by atoms with Gasteiger partial charge in [-0.1, -0.05) is 0 Å². The molecule has 10 heteroatoms. The maximum absolute atomic E-state index is 12.1. The maximum Gasteiger partial charge on any atom is 0.389 e. The summed E-state index contributed by atoms with van der Waals surface area (Å²) in [5.74, 6) is -0.155. The number of hydrogen-bond donors (Lipinski definition) is 1. The van der Waals surface area contributed by atoms with Gasteiger partial charge in [0.15, 0.2) is 0 Å². The number of methoxy groups -OCH3 is 1. The third kappa shape index (κ3) is 5.60. The Kier molecular flexibility index (Phi) is 6.05. The molecule has 0 aliphatic carbocycles. The molecule has 0 spiro atoms. The third-order valence-electron chi connectivity index (χ3n) is 3.59. The zero-order valence-electron chi connectivity index (χ0n) is 13.0. The van der Waals surface area contributed by atoms with Crippen molar-refractivity contribution in [3.05, 3.63) is 23.9 Å². The molecule has 0 unspecified atom stereocenters. The summed E-state index contributed by atoms with van der Waals surface area (Å²) < 4.78 is 73.3. The van der Waals surface area contributed by atoms with Crippen molar-refractivity contribution in [2.75, 3.05) is 19.5 Å². The van der Waals surface area contributed by atoms with E-state index in [1.54, 1.807) is 12.1 Å². The summed E-state index contributed by atoms with van der Waals surface area (Å²) >= 11 is 0. The summed E-state index contributed by atoms with van der Waals surface area (Å²) in [7, 11) is -2.34. The quantitative estimate of drug-likeness (QED) is 0.798. The van der Waals surface area contributed by atoms with Gasteiger partial charge in [-0.15, -0.1) is 0 Å². The van der Waals surface area contributed by atoms with Crippen LogP contribution in [-0.4, -0.2) is 45.1 Å². The largest absolute Gasteiger partial charge is 0.481 e. The van der Waals surface area contributed by atoms with E-state index in [1.807, 2.05) is 0 Å². The van der Waals surface area contributed by atoms with Crippen LogP contribution >= 0.6 is 0 Å². The van der Waals surface area contributed by atoms with Gasteiger partial charge in [0, 0.05) is 30.9 Å². The molecule has 0 bridgehead atoms. The number of halogens is 3. The fourth-order valence-electron chi connectivity index (χ4n) is 2.47. The molecule has 1 fully saturated rings. The van der Waals surface area contributed by atoms with E-state index >= 15 is 0 Å². The molecule has 1 aromatic rings. The van der Waals surface area contributed by atoms with E-state index < -0.39 is 46.9 Å². The Labute approximate surface area is 138 Å². The molecule has 24 heavy (non-hydrogen) atoms. The van der Waals surface area contributed by atoms with Gasteiger partial charge in [-0.25, -0.2) is 18.1 Å². The number of sulfonamides is 1. The second-order valence-electron chi connectivity index (χ2n) is 5.48. The maximum atomic E-state index is 12.1.